The third kappa shape index (κ3) is 3.85. The Morgan fingerprint density at radius 2 is 2.22 bits per heavy atom. The van der Waals surface area contributed by atoms with Crippen molar-refractivity contribution in [3.05, 3.63) is 29.8 Å². The third-order valence-corrected chi connectivity index (χ3v) is 5.10. The number of nitrogens with one attached hydrogen (secondary N) is 1. The van der Waals surface area contributed by atoms with Crippen molar-refractivity contribution in [3.8, 4) is 5.75 Å². The van der Waals surface area contributed by atoms with Crippen LogP contribution in [0.25, 0.3) is 0 Å². The molecule has 2 aliphatic rings. The summed E-state index contributed by atoms with van der Waals surface area (Å²) in [5, 5.41) is 12.8. The molecule has 2 atom stereocenters. The van der Waals surface area contributed by atoms with E-state index in [0.29, 0.717) is 0 Å². The molecule has 1 aliphatic heterocycles. The molecule has 1 heterocycles. The van der Waals surface area contributed by atoms with E-state index in [1.807, 2.05) is 18.2 Å². The van der Waals surface area contributed by atoms with Gasteiger partial charge in [-0.1, -0.05) is 18.6 Å². The first-order valence-electron chi connectivity index (χ1n) is 8.46. The Balaban J connectivity index is 1.58. The first-order chi connectivity index (χ1) is 11.2. The Kier molecular flexibility index (Phi) is 5.18. The van der Waals surface area contributed by atoms with E-state index in [1.165, 1.54) is 5.56 Å². The number of carbonyl (C=O) groups is 1. The van der Waals surface area contributed by atoms with E-state index in [1.54, 1.807) is 7.11 Å². The van der Waals surface area contributed by atoms with Gasteiger partial charge in [0, 0.05) is 44.1 Å². The zero-order valence-electron chi connectivity index (χ0n) is 13.7. The molecule has 5 heteroatoms. The molecule has 3 rings (SSSR count). The van der Waals surface area contributed by atoms with E-state index in [-0.39, 0.29) is 30.4 Å². The number of likely N-dealkylation sites (tertiary alicyclic amines) is 1. The molecule has 0 spiro atoms. The first kappa shape index (κ1) is 16.3. The highest BCUT2D eigenvalue weighted by Gasteiger charge is 2.35. The van der Waals surface area contributed by atoms with Crippen LogP contribution in [0, 0.1) is 11.8 Å². The van der Waals surface area contributed by atoms with E-state index in [9.17, 15) is 9.90 Å². The first-order valence-corrected chi connectivity index (χ1v) is 8.46. The lowest BCUT2D eigenvalue weighted by Crippen LogP contribution is -2.45. The summed E-state index contributed by atoms with van der Waals surface area (Å²) in [5.41, 5.74) is 1.19. The Hall–Kier alpha value is -1.59. The van der Waals surface area contributed by atoms with Gasteiger partial charge in [-0.15, -0.1) is 0 Å². The van der Waals surface area contributed by atoms with E-state index in [0.717, 1.165) is 44.6 Å². The van der Waals surface area contributed by atoms with Gasteiger partial charge in [0.25, 0.3) is 0 Å². The van der Waals surface area contributed by atoms with Crippen LogP contribution in [0.4, 0.5) is 0 Å². The average Bonchev–Trinajstić information content (AvgIpc) is 2.87. The minimum atomic E-state index is 0.0544. The van der Waals surface area contributed by atoms with Gasteiger partial charge in [0.15, 0.2) is 0 Å². The monoisotopic (exact) mass is 318 g/mol. The van der Waals surface area contributed by atoms with Crippen LogP contribution in [0.1, 0.15) is 24.8 Å². The molecule has 1 aliphatic carbocycles. The van der Waals surface area contributed by atoms with E-state index < -0.39 is 0 Å². The van der Waals surface area contributed by atoms with Gasteiger partial charge in [-0.3, -0.25) is 9.69 Å². The van der Waals surface area contributed by atoms with Crippen molar-refractivity contribution in [3.63, 3.8) is 0 Å². The highest BCUT2D eigenvalue weighted by atomic mass is 16.5. The van der Waals surface area contributed by atoms with Gasteiger partial charge in [-0.2, -0.15) is 0 Å². The molecule has 126 valence electrons. The molecule has 23 heavy (non-hydrogen) atoms. The number of methoxy groups -OCH3 is 1. The number of aliphatic hydroxyl groups is 1. The molecule has 1 aromatic carbocycles. The van der Waals surface area contributed by atoms with Crippen LogP contribution < -0.4 is 10.1 Å². The molecule has 0 radical (unpaired) electrons. The smallest absolute Gasteiger partial charge is 0.223 e. The second-order valence-electron chi connectivity index (χ2n) is 6.73. The Labute approximate surface area is 137 Å². The summed E-state index contributed by atoms with van der Waals surface area (Å²) in [6.07, 6.45) is 3.18. The van der Waals surface area contributed by atoms with Gasteiger partial charge in [-0.05, 0) is 30.5 Å². The summed E-state index contributed by atoms with van der Waals surface area (Å²) in [5.74, 6) is 1.34. The predicted molar refractivity (Wildman–Crippen MR) is 88.1 cm³/mol. The Morgan fingerprint density at radius 3 is 2.87 bits per heavy atom. The van der Waals surface area contributed by atoms with Crippen LogP contribution in [-0.4, -0.2) is 48.8 Å². The second-order valence-corrected chi connectivity index (χ2v) is 6.73. The van der Waals surface area contributed by atoms with Crippen molar-refractivity contribution >= 4 is 5.91 Å². The number of ether oxygens (including phenoxy) is 1. The quantitative estimate of drug-likeness (QED) is 0.832. The summed E-state index contributed by atoms with van der Waals surface area (Å²) in [6, 6.07) is 8.10. The molecular formula is C18H26N2O3. The number of hydrogen-bond donors (Lipinski definition) is 2. The summed E-state index contributed by atoms with van der Waals surface area (Å²) in [7, 11) is 1.67. The van der Waals surface area contributed by atoms with Crippen molar-refractivity contribution in [1.82, 2.24) is 10.2 Å². The minimum Gasteiger partial charge on any atom is -0.497 e. The average molecular weight is 318 g/mol. The highest BCUT2D eigenvalue weighted by Crippen LogP contribution is 2.27. The zero-order valence-corrected chi connectivity index (χ0v) is 13.7. The standard InChI is InChI=1S/C18H26N2O3/c1-23-16-7-2-4-13(8-16)9-20-10-15(12-21)17(11-20)19-18(22)14-5-3-6-14/h2,4,7-8,14-15,17,21H,3,5-6,9-12H2,1H3,(H,19,22)/t15-,17+/m0/s1. The summed E-state index contributed by atoms with van der Waals surface area (Å²) >= 11 is 0. The third-order valence-electron chi connectivity index (χ3n) is 5.10. The fourth-order valence-electron chi connectivity index (χ4n) is 3.44. The summed E-state index contributed by atoms with van der Waals surface area (Å²) < 4.78 is 5.26. The highest BCUT2D eigenvalue weighted by molar-refractivity contribution is 5.79. The van der Waals surface area contributed by atoms with Crippen LogP contribution in [-0.2, 0) is 11.3 Å². The van der Waals surface area contributed by atoms with Crippen LogP contribution in [0.5, 0.6) is 5.75 Å². The van der Waals surface area contributed by atoms with Crippen LogP contribution in [0.2, 0.25) is 0 Å². The van der Waals surface area contributed by atoms with Crippen molar-refractivity contribution < 1.29 is 14.6 Å². The number of rotatable bonds is 6. The molecule has 0 aromatic heterocycles. The fourth-order valence-corrected chi connectivity index (χ4v) is 3.44. The summed E-state index contributed by atoms with van der Waals surface area (Å²) in [6.45, 7) is 2.53. The molecular weight excluding hydrogens is 292 g/mol. The van der Waals surface area contributed by atoms with Gasteiger partial charge in [0.05, 0.1) is 7.11 Å². The maximum absolute atomic E-state index is 12.2. The number of benzene rings is 1. The molecule has 1 amide bonds. The number of hydrogen-bond acceptors (Lipinski definition) is 4. The molecule has 0 bridgehead atoms. The predicted octanol–water partition coefficient (Wildman–Crippen LogP) is 1.40. The van der Waals surface area contributed by atoms with Crippen LogP contribution in [0.15, 0.2) is 24.3 Å². The second kappa shape index (κ2) is 7.32. The van der Waals surface area contributed by atoms with Crippen molar-refractivity contribution in [2.75, 3.05) is 26.8 Å². The lowest BCUT2D eigenvalue weighted by molar-refractivity contribution is -0.128. The van der Waals surface area contributed by atoms with Crippen molar-refractivity contribution in [2.45, 2.75) is 31.8 Å². The van der Waals surface area contributed by atoms with E-state index in [4.69, 9.17) is 4.74 Å². The molecule has 1 saturated carbocycles. The number of amides is 1. The van der Waals surface area contributed by atoms with Gasteiger partial charge in [0.1, 0.15) is 5.75 Å². The molecule has 1 aromatic rings. The molecule has 2 N–H and O–H groups in total. The SMILES string of the molecule is COc1cccc(CN2C[C@@H](CO)[C@H](NC(=O)C3CCC3)C2)c1. The Bertz CT molecular complexity index is 545. The van der Waals surface area contributed by atoms with Gasteiger partial charge in [0.2, 0.25) is 5.91 Å². The topological polar surface area (TPSA) is 61.8 Å². The van der Waals surface area contributed by atoms with Crippen LogP contribution >= 0.6 is 0 Å². The van der Waals surface area contributed by atoms with Gasteiger partial charge >= 0.3 is 0 Å². The largest absolute Gasteiger partial charge is 0.497 e. The zero-order chi connectivity index (χ0) is 16.2. The minimum absolute atomic E-state index is 0.0544. The van der Waals surface area contributed by atoms with Crippen molar-refractivity contribution in [1.29, 1.82) is 0 Å². The maximum Gasteiger partial charge on any atom is 0.223 e. The number of aliphatic hydroxyl groups excluding tert-OH is 1. The number of carbonyl (C=O) groups excluding carboxylic acids is 1. The molecule has 2 fully saturated rings. The maximum atomic E-state index is 12.2. The Morgan fingerprint density at radius 1 is 1.39 bits per heavy atom. The summed E-state index contributed by atoms with van der Waals surface area (Å²) in [4.78, 5) is 14.5. The van der Waals surface area contributed by atoms with Crippen LogP contribution in [0.3, 0.4) is 0 Å². The fraction of sp³-hybridized carbons (Fsp3) is 0.611. The molecule has 1 saturated heterocycles. The van der Waals surface area contributed by atoms with E-state index >= 15 is 0 Å². The lowest BCUT2D eigenvalue weighted by atomic mass is 9.84. The van der Waals surface area contributed by atoms with Crippen molar-refractivity contribution in [2.24, 2.45) is 11.8 Å². The lowest BCUT2D eigenvalue weighted by Gasteiger charge is -2.27. The molecule has 5 nitrogen and oxygen atoms in total. The van der Waals surface area contributed by atoms with E-state index in [2.05, 4.69) is 16.3 Å². The normalized spacial score (nSPS) is 25.1. The van der Waals surface area contributed by atoms with Gasteiger partial charge in [-0.25, -0.2) is 0 Å². The molecule has 0 unspecified atom stereocenters. The number of nitrogens with zero attached hydrogens (tertiary/aromatic N) is 1. The van der Waals surface area contributed by atoms with Gasteiger partial charge < -0.3 is 15.2 Å².